The smallest absolute Gasteiger partial charge is 0.242 e. The lowest BCUT2D eigenvalue weighted by Crippen LogP contribution is -2.25. The summed E-state index contributed by atoms with van der Waals surface area (Å²) < 4.78 is 30.4. The topological polar surface area (TPSA) is 89.2 Å². The Kier molecular flexibility index (Phi) is 5.16. The highest BCUT2D eigenvalue weighted by Crippen LogP contribution is 2.14. The number of nitrogens with zero attached hydrogens (tertiary/aromatic N) is 3. The molecule has 0 atom stereocenters. The predicted molar refractivity (Wildman–Crippen MR) is 78.1 cm³/mol. The Morgan fingerprint density at radius 3 is 2.81 bits per heavy atom. The molecule has 0 fully saturated rings. The average molecular weight is 312 g/mol. The molecule has 0 unspecified atom stereocenters. The van der Waals surface area contributed by atoms with Crippen molar-refractivity contribution in [1.29, 1.82) is 0 Å². The molecule has 0 amide bonds. The van der Waals surface area contributed by atoms with Crippen LogP contribution in [0.15, 0.2) is 35.6 Å². The Balaban J connectivity index is 1.93. The van der Waals surface area contributed by atoms with Crippen LogP contribution in [0.2, 0.25) is 0 Å². The van der Waals surface area contributed by atoms with Crippen LogP contribution in [-0.2, 0) is 29.7 Å². The molecule has 0 aliphatic heterocycles. The monoisotopic (exact) mass is 312 g/mol. The molecule has 2 heterocycles. The van der Waals surface area contributed by atoms with Crippen molar-refractivity contribution in [2.75, 3.05) is 6.54 Å². The molecule has 0 aliphatic rings. The molecular formula is C13H20N4O3S. The van der Waals surface area contributed by atoms with E-state index in [1.807, 2.05) is 19.2 Å². The summed E-state index contributed by atoms with van der Waals surface area (Å²) in [6, 6.07) is 3.33. The number of hydrogen-bond acceptors (Lipinski definition) is 4. The highest BCUT2D eigenvalue weighted by Gasteiger charge is 2.17. The minimum atomic E-state index is -3.53. The van der Waals surface area contributed by atoms with E-state index in [9.17, 15) is 13.5 Å². The molecule has 0 aliphatic carbocycles. The lowest BCUT2D eigenvalue weighted by Gasteiger charge is -2.05. The van der Waals surface area contributed by atoms with Gasteiger partial charge in [0.2, 0.25) is 10.0 Å². The van der Waals surface area contributed by atoms with Crippen LogP contribution in [0.25, 0.3) is 0 Å². The number of nitrogens with one attached hydrogen (secondary N) is 1. The van der Waals surface area contributed by atoms with E-state index in [1.165, 1.54) is 6.07 Å². The highest BCUT2D eigenvalue weighted by atomic mass is 32.2. The van der Waals surface area contributed by atoms with Gasteiger partial charge < -0.3 is 9.67 Å². The summed E-state index contributed by atoms with van der Waals surface area (Å²) >= 11 is 0. The lowest BCUT2D eigenvalue weighted by atomic mass is 10.4. The van der Waals surface area contributed by atoms with Crippen LogP contribution in [0.4, 0.5) is 0 Å². The number of aromatic nitrogens is 3. The summed E-state index contributed by atoms with van der Waals surface area (Å²) in [5.41, 5.74) is 0.592. The van der Waals surface area contributed by atoms with Crippen LogP contribution in [0.3, 0.4) is 0 Å². The molecule has 0 radical (unpaired) electrons. The van der Waals surface area contributed by atoms with Gasteiger partial charge in [-0.1, -0.05) is 0 Å². The van der Waals surface area contributed by atoms with Crippen LogP contribution < -0.4 is 4.72 Å². The van der Waals surface area contributed by atoms with Gasteiger partial charge in [-0.2, -0.15) is 5.10 Å². The molecule has 116 valence electrons. The van der Waals surface area contributed by atoms with Crippen molar-refractivity contribution < 1.29 is 13.5 Å². The minimum Gasteiger partial charge on any atom is -0.390 e. The number of sulfonamides is 1. The molecule has 2 aromatic heterocycles. The molecule has 7 nitrogen and oxygen atoms in total. The first kappa shape index (κ1) is 15.7. The van der Waals surface area contributed by atoms with Crippen molar-refractivity contribution in [1.82, 2.24) is 19.1 Å². The van der Waals surface area contributed by atoms with Gasteiger partial charge in [0, 0.05) is 43.9 Å². The van der Waals surface area contributed by atoms with Crippen LogP contribution in [0.5, 0.6) is 0 Å². The van der Waals surface area contributed by atoms with E-state index in [2.05, 4.69) is 9.82 Å². The second-order valence-corrected chi connectivity index (χ2v) is 6.40. The van der Waals surface area contributed by atoms with Crippen molar-refractivity contribution in [3.05, 3.63) is 36.4 Å². The second-order valence-electron chi connectivity index (χ2n) is 4.63. The number of rotatable bonds is 8. The van der Waals surface area contributed by atoms with Gasteiger partial charge in [0.1, 0.15) is 0 Å². The maximum atomic E-state index is 12.2. The predicted octanol–water partition coefficient (Wildman–Crippen LogP) is 0.565. The Labute approximate surface area is 124 Å². The van der Waals surface area contributed by atoms with Gasteiger partial charge in [-0.05, 0) is 25.5 Å². The van der Waals surface area contributed by atoms with Gasteiger partial charge in [0.05, 0.1) is 11.5 Å². The summed E-state index contributed by atoms with van der Waals surface area (Å²) in [6.45, 7) is 3.34. The molecule has 2 aromatic rings. The first-order valence-corrected chi connectivity index (χ1v) is 8.32. The highest BCUT2D eigenvalue weighted by molar-refractivity contribution is 7.89. The molecule has 8 heteroatoms. The third kappa shape index (κ3) is 3.93. The van der Waals surface area contributed by atoms with E-state index < -0.39 is 10.0 Å². The van der Waals surface area contributed by atoms with Crippen molar-refractivity contribution in [3.63, 3.8) is 0 Å². The molecule has 0 saturated carbocycles. The molecule has 0 spiro atoms. The van der Waals surface area contributed by atoms with E-state index in [0.717, 1.165) is 0 Å². The third-order valence-corrected chi connectivity index (χ3v) is 4.62. The average Bonchev–Trinajstić information content (AvgIpc) is 3.12. The molecule has 0 aromatic carbocycles. The maximum absolute atomic E-state index is 12.2. The fourth-order valence-electron chi connectivity index (χ4n) is 2.06. The van der Waals surface area contributed by atoms with Gasteiger partial charge in [-0.15, -0.1) is 0 Å². The molecule has 2 rings (SSSR count). The second kappa shape index (κ2) is 6.88. The number of aliphatic hydroxyl groups excluding tert-OH is 1. The quantitative estimate of drug-likeness (QED) is 0.697. The van der Waals surface area contributed by atoms with Crippen molar-refractivity contribution in [2.24, 2.45) is 0 Å². The first-order valence-electron chi connectivity index (χ1n) is 6.84. The first-order chi connectivity index (χ1) is 10.1. The van der Waals surface area contributed by atoms with Gasteiger partial charge in [0.25, 0.3) is 0 Å². The van der Waals surface area contributed by atoms with Gasteiger partial charge in [-0.25, -0.2) is 13.1 Å². The van der Waals surface area contributed by atoms with E-state index in [-0.39, 0.29) is 11.5 Å². The molecule has 2 N–H and O–H groups in total. The normalized spacial score (nSPS) is 11.9. The zero-order valence-electron chi connectivity index (χ0n) is 11.9. The number of hydrogen-bond donors (Lipinski definition) is 2. The molecule has 21 heavy (non-hydrogen) atoms. The van der Waals surface area contributed by atoms with Crippen LogP contribution in [0.1, 0.15) is 19.0 Å². The third-order valence-electron chi connectivity index (χ3n) is 3.19. The summed E-state index contributed by atoms with van der Waals surface area (Å²) in [5, 5.41) is 13.3. The lowest BCUT2D eigenvalue weighted by molar-refractivity contribution is 0.271. The van der Waals surface area contributed by atoms with E-state index in [1.54, 1.807) is 21.6 Å². The van der Waals surface area contributed by atoms with E-state index in [4.69, 9.17) is 0 Å². The fraction of sp³-hybridized carbons (Fsp3) is 0.462. The van der Waals surface area contributed by atoms with Crippen LogP contribution in [0, 0.1) is 0 Å². The minimum absolute atomic E-state index is 0.178. The van der Waals surface area contributed by atoms with Gasteiger partial charge >= 0.3 is 0 Å². The largest absolute Gasteiger partial charge is 0.390 e. The Morgan fingerprint density at radius 2 is 2.24 bits per heavy atom. The zero-order valence-corrected chi connectivity index (χ0v) is 12.8. The van der Waals surface area contributed by atoms with Gasteiger partial charge in [-0.3, -0.25) is 4.68 Å². The number of aryl methyl sites for hydroxylation is 2. The molecule has 0 saturated heterocycles. The Hall–Kier alpha value is -1.64. The Morgan fingerprint density at radius 1 is 1.43 bits per heavy atom. The summed E-state index contributed by atoms with van der Waals surface area (Å²) in [5.74, 6) is 0. The molecular weight excluding hydrogens is 292 g/mol. The van der Waals surface area contributed by atoms with Crippen molar-refractivity contribution >= 4 is 10.0 Å². The van der Waals surface area contributed by atoms with E-state index in [0.29, 0.717) is 31.7 Å². The SMILES string of the molecule is CCn1cc(S(=O)(=O)NCCCn2cccn2)cc1CO. The van der Waals surface area contributed by atoms with Crippen molar-refractivity contribution in [3.8, 4) is 0 Å². The van der Waals surface area contributed by atoms with Crippen molar-refractivity contribution in [2.45, 2.75) is 37.9 Å². The maximum Gasteiger partial charge on any atom is 0.242 e. The standard InChI is InChI=1S/C13H20N4O3S/c1-2-16-10-13(9-12(16)11-18)21(19,20)15-6-4-8-17-7-3-5-14-17/h3,5,7,9-10,15,18H,2,4,6,8,11H2,1H3. The Bertz CT molecular complexity index is 640. The summed E-state index contributed by atoms with van der Waals surface area (Å²) in [6.07, 6.45) is 5.72. The molecule has 0 bridgehead atoms. The summed E-state index contributed by atoms with van der Waals surface area (Å²) in [7, 11) is -3.53. The van der Waals surface area contributed by atoms with Crippen LogP contribution in [-0.4, -0.2) is 34.4 Å². The zero-order chi connectivity index (χ0) is 15.3. The number of aliphatic hydroxyl groups is 1. The fourth-order valence-corrected chi connectivity index (χ4v) is 3.20. The van der Waals surface area contributed by atoms with Crippen LogP contribution >= 0.6 is 0 Å². The van der Waals surface area contributed by atoms with Gasteiger partial charge in [0.15, 0.2) is 0 Å². The van der Waals surface area contributed by atoms with E-state index >= 15 is 0 Å². The summed E-state index contributed by atoms with van der Waals surface area (Å²) in [4.78, 5) is 0.187.